The molecular weight excluding hydrogens is 192 g/mol. The fraction of sp³-hybridized carbons (Fsp3) is 0. The zero-order chi connectivity index (χ0) is 9.68. The summed E-state index contributed by atoms with van der Waals surface area (Å²) in [6.07, 6.45) is 1.03. The van der Waals surface area contributed by atoms with Gasteiger partial charge in [-0.1, -0.05) is 34.0 Å². The first kappa shape index (κ1) is 9.54. The van der Waals surface area contributed by atoms with Crippen molar-refractivity contribution in [2.45, 2.75) is 0 Å². The van der Waals surface area contributed by atoms with Gasteiger partial charge in [0.05, 0.1) is 6.21 Å². The highest BCUT2D eigenvalue weighted by molar-refractivity contribution is 6.38. The molecule has 0 saturated heterocycles. The minimum atomic E-state index is 0.166. The summed E-state index contributed by atoms with van der Waals surface area (Å²) in [5, 5.41) is 23.1. The zero-order valence-electron chi connectivity index (χ0n) is 6.55. The molecule has 0 aromatic heterocycles. The van der Waals surface area contributed by atoms with Crippen molar-refractivity contribution >= 4 is 23.5 Å². The molecule has 0 saturated carbocycles. The van der Waals surface area contributed by atoms with Crippen LogP contribution < -0.4 is 0 Å². The highest BCUT2D eigenvalue weighted by Crippen LogP contribution is 2.09. The van der Waals surface area contributed by atoms with Crippen LogP contribution in [0.15, 0.2) is 34.6 Å². The van der Waals surface area contributed by atoms with Crippen molar-refractivity contribution in [1.82, 2.24) is 0 Å². The third-order valence-corrected chi connectivity index (χ3v) is 1.68. The number of benzene rings is 1. The van der Waals surface area contributed by atoms with Gasteiger partial charge in [-0.05, 0) is 12.1 Å². The summed E-state index contributed by atoms with van der Waals surface area (Å²) in [5.74, 6) is 0. The molecule has 13 heavy (non-hydrogen) atoms. The van der Waals surface area contributed by atoms with E-state index in [1.54, 1.807) is 24.3 Å². The molecule has 68 valence electrons. The normalized spacial score (nSPS) is 12.2. The first-order chi connectivity index (χ1) is 6.27. The molecule has 0 aliphatic rings. The minimum Gasteiger partial charge on any atom is -0.411 e. The molecule has 1 aromatic carbocycles. The Bertz CT molecular complexity index is 333. The van der Waals surface area contributed by atoms with E-state index in [4.69, 9.17) is 22.0 Å². The van der Waals surface area contributed by atoms with Gasteiger partial charge in [0, 0.05) is 10.6 Å². The number of oxime groups is 2. The van der Waals surface area contributed by atoms with Gasteiger partial charge < -0.3 is 10.4 Å². The quantitative estimate of drug-likeness (QED) is 0.434. The number of nitrogens with zero attached hydrogens (tertiary/aromatic N) is 2. The van der Waals surface area contributed by atoms with Gasteiger partial charge in [-0.3, -0.25) is 0 Å². The fourth-order valence-electron chi connectivity index (χ4n) is 0.833. The SMILES string of the molecule is ON=CC(=NO)c1ccc(Cl)cc1. The van der Waals surface area contributed by atoms with Gasteiger partial charge in [0.2, 0.25) is 0 Å². The van der Waals surface area contributed by atoms with E-state index in [1.807, 2.05) is 0 Å². The first-order valence-corrected chi connectivity index (χ1v) is 3.81. The van der Waals surface area contributed by atoms with E-state index in [9.17, 15) is 0 Å². The smallest absolute Gasteiger partial charge is 0.131 e. The molecule has 0 spiro atoms. The first-order valence-electron chi connectivity index (χ1n) is 3.43. The molecule has 0 atom stereocenters. The molecule has 0 aliphatic heterocycles. The molecule has 0 unspecified atom stereocenters. The van der Waals surface area contributed by atoms with E-state index in [0.717, 1.165) is 6.21 Å². The Morgan fingerprint density at radius 3 is 2.31 bits per heavy atom. The van der Waals surface area contributed by atoms with Gasteiger partial charge in [0.25, 0.3) is 0 Å². The molecule has 0 radical (unpaired) electrons. The Kier molecular flexibility index (Phi) is 3.28. The lowest BCUT2D eigenvalue weighted by Gasteiger charge is -1.97. The van der Waals surface area contributed by atoms with Crippen molar-refractivity contribution in [2.24, 2.45) is 10.3 Å². The van der Waals surface area contributed by atoms with Crippen LogP contribution >= 0.6 is 11.6 Å². The van der Waals surface area contributed by atoms with Crippen LogP contribution in [0, 0.1) is 0 Å². The second-order valence-electron chi connectivity index (χ2n) is 2.24. The number of halogens is 1. The predicted octanol–water partition coefficient (Wildman–Crippen LogP) is 1.98. The Labute approximate surface area is 79.8 Å². The van der Waals surface area contributed by atoms with Crippen molar-refractivity contribution < 1.29 is 10.4 Å². The Morgan fingerprint density at radius 2 is 1.85 bits per heavy atom. The van der Waals surface area contributed by atoms with Crippen LogP contribution in [0.25, 0.3) is 0 Å². The third-order valence-electron chi connectivity index (χ3n) is 1.43. The van der Waals surface area contributed by atoms with Gasteiger partial charge in [-0.15, -0.1) is 0 Å². The third kappa shape index (κ3) is 2.45. The van der Waals surface area contributed by atoms with E-state index < -0.39 is 0 Å². The van der Waals surface area contributed by atoms with E-state index in [2.05, 4.69) is 10.3 Å². The van der Waals surface area contributed by atoms with Gasteiger partial charge in [0.15, 0.2) is 0 Å². The summed E-state index contributed by atoms with van der Waals surface area (Å²) in [6.45, 7) is 0. The van der Waals surface area contributed by atoms with Crippen molar-refractivity contribution in [3.05, 3.63) is 34.9 Å². The van der Waals surface area contributed by atoms with E-state index in [0.29, 0.717) is 10.6 Å². The molecule has 0 aliphatic carbocycles. The lowest BCUT2D eigenvalue weighted by atomic mass is 10.1. The standard InChI is InChI=1S/C8H7ClN2O2/c9-7-3-1-6(2-4-7)8(11-13)5-10-12/h1-5,12-13H. The maximum atomic E-state index is 8.53. The zero-order valence-corrected chi connectivity index (χ0v) is 7.31. The Hall–Kier alpha value is -1.55. The molecule has 5 heteroatoms. The van der Waals surface area contributed by atoms with Crippen LogP contribution in [0.2, 0.25) is 5.02 Å². The summed E-state index contributed by atoms with van der Waals surface area (Å²) >= 11 is 5.65. The molecular formula is C8H7ClN2O2. The van der Waals surface area contributed by atoms with Crippen molar-refractivity contribution in [2.75, 3.05) is 0 Å². The summed E-state index contributed by atoms with van der Waals surface area (Å²) in [7, 11) is 0. The van der Waals surface area contributed by atoms with Crippen LogP contribution in [-0.4, -0.2) is 22.3 Å². The average Bonchev–Trinajstić information content (AvgIpc) is 2.16. The predicted molar refractivity (Wildman–Crippen MR) is 50.1 cm³/mol. The van der Waals surface area contributed by atoms with Crippen molar-refractivity contribution in [3.8, 4) is 0 Å². The van der Waals surface area contributed by atoms with Gasteiger partial charge in [-0.2, -0.15) is 0 Å². The Morgan fingerprint density at radius 1 is 1.23 bits per heavy atom. The van der Waals surface area contributed by atoms with E-state index in [1.165, 1.54) is 0 Å². The van der Waals surface area contributed by atoms with Crippen LogP contribution in [0.4, 0.5) is 0 Å². The molecule has 1 aromatic rings. The van der Waals surface area contributed by atoms with Crippen LogP contribution in [-0.2, 0) is 0 Å². The molecule has 2 N–H and O–H groups in total. The summed E-state index contributed by atoms with van der Waals surface area (Å²) < 4.78 is 0. The largest absolute Gasteiger partial charge is 0.411 e. The van der Waals surface area contributed by atoms with Gasteiger partial charge in [-0.25, -0.2) is 0 Å². The maximum absolute atomic E-state index is 8.53. The molecule has 0 fully saturated rings. The number of hydrogen-bond acceptors (Lipinski definition) is 4. The monoisotopic (exact) mass is 198 g/mol. The summed E-state index contributed by atoms with van der Waals surface area (Å²) in [4.78, 5) is 0. The molecule has 1 rings (SSSR count). The molecule has 0 heterocycles. The molecule has 4 nitrogen and oxygen atoms in total. The Balaban J connectivity index is 3.00. The van der Waals surface area contributed by atoms with E-state index >= 15 is 0 Å². The van der Waals surface area contributed by atoms with E-state index in [-0.39, 0.29) is 5.71 Å². The lowest BCUT2D eigenvalue weighted by molar-refractivity contribution is 0.316. The van der Waals surface area contributed by atoms with Crippen LogP contribution in [0.3, 0.4) is 0 Å². The van der Waals surface area contributed by atoms with Crippen LogP contribution in [0.1, 0.15) is 5.56 Å². The fourth-order valence-corrected chi connectivity index (χ4v) is 0.959. The van der Waals surface area contributed by atoms with Crippen molar-refractivity contribution in [3.63, 3.8) is 0 Å². The summed E-state index contributed by atoms with van der Waals surface area (Å²) in [6, 6.07) is 6.60. The van der Waals surface area contributed by atoms with Gasteiger partial charge in [0.1, 0.15) is 5.71 Å². The highest BCUT2D eigenvalue weighted by Gasteiger charge is 2.00. The minimum absolute atomic E-state index is 0.166. The van der Waals surface area contributed by atoms with Crippen LogP contribution in [0.5, 0.6) is 0 Å². The average molecular weight is 199 g/mol. The molecule has 0 amide bonds. The van der Waals surface area contributed by atoms with Gasteiger partial charge >= 0.3 is 0 Å². The topological polar surface area (TPSA) is 65.2 Å². The number of rotatable bonds is 2. The highest BCUT2D eigenvalue weighted by atomic mass is 35.5. The maximum Gasteiger partial charge on any atom is 0.131 e. The molecule has 0 bridgehead atoms. The number of hydrogen-bond donors (Lipinski definition) is 2. The summed E-state index contributed by atoms with van der Waals surface area (Å²) in [5.41, 5.74) is 0.781. The van der Waals surface area contributed by atoms with Crippen molar-refractivity contribution in [1.29, 1.82) is 0 Å². The second-order valence-corrected chi connectivity index (χ2v) is 2.67. The second kappa shape index (κ2) is 4.47. The lowest BCUT2D eigenvalue weighted by Crippen LogP contribution is -2.01.